The molecule has 0 N–H and O–H groups in total. The average Bonchev–Trinajstić information content (AvgIpc) is 2.28. The molecule has 0 fully saturated rings. The number of alkyl halides is 2. The lowest BCUT2D eigenvalue weighted by Gasteiger charge is -2.08. The van der Waals surface area contributed by atoms with Crippen molar-refractivity contribution in [3.63, 3.8) is 0 Å². The second-order valence-corrected chi connectivity index (χ2v) is 2.89. The molecule has 0 aliphatic heterocycles. The first-order valence-electron chi connectivity index (χ1n) is 4.33. The molecule has 16 heavy (non-hydrogen) atoms. The molecule has 84 valence electrons. The fourth-order valence-corrected chi connectivity index (χ4v) is 1.20. The highest BCUT2D eigenvalue weighted by Gasteiger charge is 2.20. The molecule has 1 rings (SSSR count). The maximum Gasteiger partial charge on any atom is 0.310 e. The van der Waals surface area contributed by atoms with Crippen LogP contribution in [0.2, 0.25) is 0 Å². The lowest BCUT2D eigenvalue weighted by Crippen LogP contribution is -2.10. The number of ether oxygens (including phenoxy) is 1. The number of aromatic nitrogens is 1. The van der Waals surface area contributed by atoms with E-state index in [1.807, 2.05) is 0 Å². The Labute approximate surface area is 90.5 Å². The minimum Gasteiger partial charge on any atom is -0.469 e. The summed E-state index contributed by atoms with van der Waals surface area (Å²) in [5.41, 5.74) is -0.619. The van der Waals surface area contributed by atoms with E-state index in [9.17, 15) is 13.6 Å². The number of hydrogen-bond acceptors (Lipinski definition) is 4. The summed E-state index contributed by atoms with van der Waals surface area (Å²) in [6, 6.07) is 3.02. The van der Waals surface area contributed by atoms with Gasteiger partial charge in [0.1, 0.15) is 5.69 Å². The van der Waals surface area contributed by atoms with Crippen molar-refractivity contribution in [2.24, 2.45) is 0 Å². The summed E-state index contributed by atoms with van der Waals surface area (Å²) in [6.45, 7) is 0. The number of halogens is 2. The Morgan fingerprint density at radius 1 is 1.69 bits per heavy atom. The lowest BCUT2D eigenvalue weighted by molar-refractivity contribution is -0.139. The van der Waals surface area contributed by atoms with Gasteiger partial charge in [0.2, 0.25) is 0 Å². The third-order valence-corrected chi connectivity index (χ3v) is 1.97. The lowest BCUT2D eigenvalue weighted by atomic mass is 10.0. The van der Waals surface area contributed by atoms with Gasteiger partial charge in [-0.15, -0.1) is 0 Å². The number of hydrogen-bond donors (Lipinski definition) is 0. The number of rotatable bonds is 3. The van der Waals surface area contributed by atoms with Gasteiger partial charge in [-0.25, -0.2) is 8.78 Å². The van der Waals surface area contributed by atoms with Crippen molar-refractivity contribution in [3.05, 3.63) is 29.1 Å². The van der Waals surface area contributed by atoms with Crippen molar-refractivity contribution in [2.45, 2.75) is 12.8 Å². The molecule has 1 aromatic rings. The van der Waals surface area contributed by atoms with Crippen LogP contribution in [0.4, 0.5) is 8.78 Å². The van der Waals surface area contributed by atoms with Gasteiger partial charge in [0.25, 0.3) is 6.43 Å². The molecule has 0 radical (unpaired) electrons. The monoisotopic (exact) mass is 226 g/mol. The number of esters is 1. The fraction of sp³-hybridized carbons (Fsp3) is 0.300. The topological polar surface area (TPSA) is 63.0 Å². The van der Waals surface area contributed by atoms with Crippen LogP contribution < -0.4 is 0 Å². The number of methoxy groups -OCH3 is 1. The van der Waals surface area contributed by atoms with Gasteiger partial charge in [-0.2, -0.15) is 5.26 Å². The summed E-state index contributed by atoms with van der Waals surface area (Å²) in [5, 5.41) is 8.74. The van der Waals surface area contributed by atoms with Crippen molar-refractivity contribution in [2.75, 3.05) is 7.11 Å². The standard InChI is InChI=1S/C10H8F2N2O2/c1-16-8(15)4-7-6(5-13)2-3-14-9(7)10(11)12/h2-3,10H,4H2,1H3. The molecular weight excluding hydrogens is 218 g/mol. The second-order valence-electron chi connectivity index (χ2n) is 2.89. The molecular formula is C10H8F2N2O2. The quantitative estimate of drug-likeness (QED) is 0.734. The third-order valence-electron chi connectivity index (χ3n) is 1.97. The molecule has 1 aromatic heterocycles. The summed E-state index contributed by atoms with van der Waals surface area (Å²) in [4.78, 5) is 14.5. The first-order valence-corrected chi connectivity index (χ1v) is 4.33. The predicted octanol–water partition coefficient (Wildman–Crippen LogP) is 1.61. The Balaban J connectivity index is 3.21. The minimum absolute atomic E-state index is 0.00991. The first kappa shape index (κ1) is 12.0. The van der Waals surface area contributed by atoms with E-state index in [4.69, 9.17) is 5.26 Å². The van der Waals surface area contributed by atoms with Gasteiger partial charge < -0.3 is 4.74 Å². The Kier molecular flexibility index (Phi) is 3.89. The van der Waals surface area contributed by atoms with Gasteiger partial charge in [-0.1, -0.05) is 0 Å². The molecule has 0 unspecified atom stereocenters. The summed E-state index contributed by atoms with van der Waals surface area (Å²) >= 11 is 0. The number of pyridine rings is 1. The van der Waals surface area contributed by atoms with Crippen molar-refractivity contribution in [1.29, 1.82) is 5.26 Å². The van der Waals surface area contributed by atoms with E-state index >= 15 is 0 Å². The zero-order chi connectivity index (χ0) is 12.1. The zero-order valence-corrected chi connectivity index (χ0v) is 8.41. The van der Waals surface area contributed by atoms with Crippen LogP contribution in [0, 0.1) is 11.3 Å². The second kappa shape index (κ2) is 5.16. The zero-order valence-electron chi connectivity index (χ0n) is 8.41. The first-order chi connectivity index (χ1) is 7.60. The highest BCUT2D eigenvalue weighted by Crippen LogP contribution is 2.23. The molecule has 6 heteroatoms. The molecule has 1 heterocycles. The van der Waals surface area contributed by atoms with Crippen molar-refractivity contribution < 1.29 is 18.3 Å². The van der Waals surface area contributed by atoms with Gasteiger partial charge >= 0.3 is 5.97 Å². The van der Waals surface area contributed by atoms with Gasteiger partial charge in [0, 0.05) is 11.8 Å². The largest absolute Gasteiger partial charge is 0.469 e. The minimum atomic E-state index is -2.83. The summed E-state index contributed by atoms with van der Waals surface area (Å²) in [5.74, 6) is -0.689. The Hall–Kier alpha value is -2.03. The molecule has 0 aromatic carbocycles. The number of carbonyl (C=O) groups excluding carboxylic acids is 1. The maximum atomic E-state index is 12.6. The fourth-order valence-electron chi connectivity index (χ4n) is 1.20. The van der Waals surface area contributed by atoms with Crippen LogP contribution in [0.5, 0.6) is 0 Å². The van der Waals surface area contributed by atoms with Gasteiger partial charge in [-0.3, -0.25) is 9.78 Å². The molecule has 0 aliphatic rings. The predicted molar refractivity (Wildman–Crippen MR) is 49.6 cm³/mol. The molecule has 0 spiro atoms. The number of nitriles is 1. The van der Waals surface area contributed by atoms with Crippen LogP contribution >= 0.6 is 0 Å². The molecule has 0 saturated heterocycles. The van der Waals surface area contributed by atoms with Crippen molar-refractivity contribution in [3.8, 4) is 6.07 Å². The average molecular weight is 226 g/mol. The Morgan fingerprint density at radius 2 is 2.38 bits per heavy atom. The van der Waals surface area contributed by atoms with Gasteiger partial charge in [-0.05, 0) is 6.07 Å². The Morgan fingerprint density at radius 3 is 2.88 bits per heavy atom. The molecule has 0 amide bonds. The highest BCUT2D eigenvalue weighted by atomic mass is 19.3. The molecule has 0 atom stereocenters. The summed E-state index contributed by atoms with van der Waals surface area (Å²) < 4.78 is 29.5. The molecule has 0 bridgehead atoms. The number of carbonyl (C=O) groups is 1. The van der Waals surface area contributed by atoms with Gasteiger partial charge in [0.15, 0.2) is 0 Å². The van der Waals surface area contributed by atoms with Crippen LogP contribution in [0.1, 0.15) is 23.2 Å². The SMILES string of the molecule is COC(=O)Cc1c(C#N)ccnc1C(F)F. The van der Waals surface area contributed by atoms with Crippen molar-refractivity contribution >= 4 is 5.97 Å². The van der Waals surface area contributed by atoms with E-state index in [0.717, 1.165) is 13.3 Å². The van der Waals surface area contributed by atoms with E-state index in [1.165, 1.54) is 6.07 Å². The van der Waals surface area contributed by atoms with E-state index in [1.54, 1.807) is 6.07 Å². The normalized spacial score (nSPS) is 9.94. The third kappa shape index (κ3) is 2.51. The van der Waals surface area contributed by atoms with E-state index < -0.39 is 18.1 Å². The van der Waals surface area contributed by atoms with Crippen molar-refractivity contribution in [1.82, 2.24) is 4.98 Å². The highest BCUT2D eigenvalue weighted by molar-refractivity contribution is 5.73. The maximum absolute atomic E-state index is 12.6. The van der Waals surface area contributed by atoms with Gasteiger partial charge in [0.05, 0.1) is 25.2 Å². The van der Waals surface area contributed by atoms with E-state index in [0.29, 0.717) is 0 Å². The smallest absolute Gasteiger partial charge is 0.310 e. The van der Waals surface area contributed by atoms with Crippen LogP contribution in [0.3, 0.4) is 0 Å². The summed E-state index contributed by atoms with van der Waals surface area (Å²) in [7, 11) is 1.15. The van der Waals surface area contributed by atoms with E-state index in [-0.39, 0.29) is 17.5 Å². The van der Waals surface area contributed by atoms with E-state index in [2.05, 4.69) is 9.72 Å². The summed E-state index contributed by atoms with van der Waals surface area (Å²) in [6.07, 6.45) is -2.10. The van der Waals surface area contributed by atoms with Crippen LogP contribution in [0.25, 0.3) is 0 Å². The van der Waals surface area contributed by atoms with Crippen LogP contribution in [-0.2, 0) is 16.0 Å². The molecule has 0 aliphatic carbocycles. The van der Waals surface area contributed by atoms with Crippen LogP contribution in [0.15, 0.2) is 12.3 Å². The molecule has 4 nitrogen and oxygen atoms in total. The number of nitrogens with zero attached hydrogens (tertiary/aromatic N) is 2. The van der Waals surface area contributed by atoms with Crippen LogP contribution in [-0.4, -0.2) is 18.1 Å². The Bertz CT molecular complexity index is 441. The molecule has 0 saturated carbocycles.